The van der Waals surface area contributed by atoms with Crippen LogP contribution in [0.5, 0.6) is 5.88 Å². The van der Waals surface area contributed by atoms with Crippen LogP contribution in [-0.4, -0.2) is 34.4 Å². The molecule has 1 aliphatic rings. The molecule has 2 heterocycles. The number of hydrogen-bond donors (Lipinski definition) is 2. The van der Waals surface area contributed by atoms with Crippen molar-refractivity contribution in [2.45, 2.75) is 20.0 Å². The largest absolute Gasteiger partial charge is 0.493 e. The number of anilines is 1. The first kappa shape index (κ1) is 9.73. The summed E-state index contributed by atoms with van der Waals surface area (Å²) in [7, 11) is 0. The second-order valence-electron chi connectivity index (χ2n) is 4.37. The number of nitrogens with zero attached hydrogens (tertiary/aromatic N) is 2. The Bertz CT molecular complexity index is 337. The van der Waals surface area contributed by atoms with Gasteiger partial charge in [-0.25, -0.2) is 0 Å². The van der Waals surface area contributed by atoms with Crippen molar-refractivity contribution in [1.29, 1.82) is 0 Å². The summed E-state index contributed by atoms with van der Waals surface area (Å²) in [6, 6.07) is 0. The molecule has 0 bridgehead atoms. The fourth-order valence-electron chi connectivity index (χ4n) is 1.66. The van der Waals surface area contributed by atoms with Crippen LogP contribution in [0.3, 0.4) is 0 Å². The number of hydrogen-bond acceptors (Lipinski definition) is 5. The molecular formula is C9H14N2O2S. The lowest BCUT2D eigenvalue weighted by atomic mass is 9.90. The number of aliphatic hydroxyl groups is 1. The summed E-state index contributed by atoms with van der Waals surface area (Å²) in [6.45, 7) is 5.44. The zero-order valence-electron chi connectivity index (χ0n) is 8.27. The Balaban J connectivity index is 2.16. The molecule has 1 unspecified atom stereocenters. The van der Waals surface area contributed by atoms with E-state index in [-0.39, 0.29) is 17.4 Å². The van der Waals surface area contributed by atoms with Crippen molar-refractivity contribution in [2.24, 2.45) is 5.41 Å². The Morgan fingerprint density at radius 1 is 1.64 bits per heavy atom. The van der Waals surface area contributed by atoms with Crippen LogP contribution in [0.1, 0.15) is 13.8 Å². The number of aromatic hydroxyl groups is 1. The Morgan fingerprint density at radius 3 is 2.79 bits per heavy atom. The van der Waals surface area contributed by atoms with Gasteiger partial charge in [0.25, 0.3) is 0 Å². The molecule has 1 aromatic heterocycles. The predicted octanol–water partition coefficient (Wildman–Crippen LogP) is 1.06. The minimum atomic E-state index is -0.325. The third-order valence-electron chi connectivity index (χ3n) is 2.64. The number of aromatic nitrogens is 1. The molecule has 2 N–H and O–H groups in total. The molecule has 1 fully saturated rings. The predicted molar refractivity (Wildman–Crippen MR) is 55.8 cm³/mol. The third kappa shape index (κ3) is 1.57. The van der Waals surface area contributed by atoms with E-state index in [0.717, 1.165) is 11.7 Å². The van der Waals surface area contributed by atoms with E-state index in [4.69, 9.17) is 5.11 Å². The summed E-state index contributed by atoms with van der Waals surface area (Å²) in [5.74, 6) is 0.0594. The van der Waals surface area contributed by atoms with Crippen molar-refractivity contribution in [3.63, 3.8) is 0 Å². The van der Waals surface area contributed by atoms with Gasteiger partial charge in [0.15, 0.2) is 5.13 Å². The second kappa shape index (κ2) is 3.10. The monoisotopic (exact) mass is 214 g/mol. The van der Waals surface area contributed by atoms with Crippen LogP contribution in [0.4, 0.5) is 5.13 Å². The molecule has 78 valence electrons. The van der Waals surface area contributed by atoms with Gasteiger partial charge in [0.05, 0.1) is 11.5 Å². The van der Waals surface area contributed by atoms with Crippen LogP contribution in [0.15, 0.2) is 5.38 Å². The first-order valence-corrected chi connectivity index (χ1v) is 5.44. The Hall–Kier alpha value is -0.810. The van der Waals surface area contributed by atoms with Gasteiger partial charge in [-0.15, -0.1) is 11.3 Å². The van der Waals surface area contributed by atoms with Crippen LogP contribution in [-0.2, 0) is 0 Å². The van der Waals surface area contributed by atoms with E-state index in [0.29, 0.717) is 6.54 Å². The van der Waals surface area contributed by atoms with E-state index in [1.807, 2.05) is 18.7 Å². The average Bonchev–Trinajstić information content (AvgIpc) is 2.58. The van der Waals surface area contributed by atoms with Crippen LogP contribution >= 0.6 is 11.3 Å². The second-order valence-corrected chi connectivity index (χ2v) is 5.21. The summed E-state index contributed by atoms with van der Waals surface area (Å²) < 4.78 is 0. The number of β-amino-alcohol motifs (C(OH)–C–C–N with tert-alkyl or cyclic N) is 1. The highest BCUT2D eigenvalue weighted by Crippen LogP contribution is 2.35. The van der Waals surface area contributed by atoms with Gasteiger partial charge in [-0.05, 0) is 0 Å². The highest BCUT2D eigenvalue weighted by atomic mass is 32.1. The first-order valence-electron chi connectivity index (χ1n) is 4.56. The SMILES string of the molecule is CC1(C)CN(c2nc(O)cs2)CC1O. The molecular weight excluding hydrogens is 200 g/mol. The van der Waals surface area contributed by atoms with Gasteiger partial charge in [0.1, 0.15) is 0 Å². The van der Waals surface area contributed by atoms with Crippen molar-refractivity contribution in [3.05, 3.63) is 5.38 Å². The standard InChI is InChI=1S/C9H14N2O2S/c1-9(2)5-11(3-6(9)12)8-10-7(13)4-14-8/h4,6,12-13H,3,5H2,1-2H3. The van der Waals surface area contributed by atoms with E-state index >= 15 is 0 Å². The van der Waals surface area contributed by atoms with Crippen LogP contribution in [0, 0.1) is 5.41 Å². The van der Waals surface area contributed by atoms with Crippen molar-refractivity contribution in [3.8, 4) is 5.88 Å². The molecule has 0 spiro atoms. The number of aliphatic hydroxyl groups excluding tert-OH is 1. The molecule has 1 atom stereocenters. The van der Waals surface area contributed by atoms with Crippen LogP contribution in [0.2, 0.25) is 0 Å². The van der Waals surface area contributed by atoms with Crippen molar-refractivity contribution >= 4 is 16.5 Å². The Morgan fingerprint density at radius 2 is 2.36 bits per heavy atom. The molecule has 4 nitrogen and oxygen atoms in total. The third-order valence-corrected chi connectivity index (χ3v) is 3.53. The number of rotatable bonds is 1. The normalized spacial score (nSPS) is 25.6. The molecule has 1 aliphatic heterocycles. The zero-order chi connectivity index (χ0) is 10.3. The van der Waals surface area contributed by atoms with E-state index in [1.54, 1.807) is 5.38 Å². The summed E-state index contributed by atoms with van der Waals surface area (Å²) in [5, 5.41) is 21.3. The molecule has 0 aliphatic carbocycles. The molecule has 0 radical (unpaired) electrons. The minimum Gasteiger partial charge on any atom is -0.493 e. The van der Waals surface area contributed by atoms with Crippen molar-refractivity contribution in [2.75, 3.05) is 18.0 Å². The summed E-state index contributed by atoms with van der Waals surface area (Å²) in [5.41, 5.74) is -0.0959. The van der Waals surface area contributed by atoms with Gasteiger partial charge in [0, 0.05) is 18.5 Å². The van der Waals surface area contributed by atoms with Gasteiger partial charge in [0.2, 0.25) is 5.88 Å². The average molecular weight is 214 g/mol. The van der Waals surface area contributed by atoms with Gasteiger partial charge in [-0.1, -0.05) is 13.8 Å². The summed E-state index contributed by atoms with van der Waals surface area (Å²) >= 11 is 1.40. The van der Waals surface area contributed by atoms with Crippen molar-refractivity contribution in [1.82, 2.24) is 4.98 Å². The minimum absolute atomic E-state index is 0.0594. The van der Waals surface area contributed by atoms with Gasteiger partial charge < -0.3 is 15.1 Å². The Kier molecular flexibility index (Phi) is 2.16. The highest BCUT2D eigenvalue weighted by molar-refractivity contribution is 7.13. The molecule has 2 rings (SSSR count). The maximum Gasteiger partial charge on any atom is 0.223 e. The smallest absolute Gasteiger partial charge is 0.223 e. The molecule has 1 saturated heterocycles. The molecule has 0 amide bonds. The maximum atomic E-state index is 9.77. The Labute approximate surface area is 86.8 Å². The van der Waals surface area contributed by atoms with Gasteiger partial charge in [-0.2, -0.15) is 4.98 Å². The first-order chi connectivity index (χ1) is 6.49. The van der Waals surface area contributed by atoms with E-state index in [9.17, 15) is 5.11 Å². The molecule has 14 heavy (non-hydrogen) atoms. The highest BCUT2D eigenvalue weighted by Gasteiger charge is 2.39. The maximum absolute atomic E-state index is 9.77. The lowest BCUT2D eigenvalue weighted by Crippen LogP contribution is -2.26. The fourth-order valence-corrected chi connectivity index (χ4v) is 2.36. The van der Waals surface area contributed by atoms with Gasteiger partial charge in [-0.3, -0.25) is 0 Å². The van der Waals surface area contributed by atoms with E-state index < -0.39 is 0 Å². The zero-order valence-corrected chi connectivity index (χ0v) is 9.08. The van der Waals surface area contributed by atoms with Gasteiger partial charge >= 0.3 is 0 Å². The summed E-state index contributed by atoms with van der Waals surface area (Å²) in [6.07, 6.45) is -0.325. The lowest BCUT2D eigenvalue weighted by Gasteiger charge is -2.20. The van der Waals surface area contributed by atoms with Crippen LogP contribution in [0.25, 0.3) is 0 Å². The molecule has 5 heteroatoms. The summed E-state index contributed by atoms with van der Waals surface area (Å²) in [4.78, 5) is 5.99. The molecule has 1 aromatic rings. The van der Waals surface area contributed by atoms with Crippen molar-refractivity contribution < 1.29 is 10.2 Å². The van der Waals surface area contributed by atoms with Crippen LogP contribution < -0.4 is 4.90 Å². The lowest BCUT2D eigenvalue weighted by molar-refractivity contribution is 0.0964. The van der Waals surface area contributed by atoms with E-state index in [1.165, 1.54) is 11.3 Å². The molecule has 0 aromatic carbocycles. The quantitative estimate of drug-likeness (QED) is 0.734. The molecule has 0 saturated carbocycles. The topological polar surface area (TPSA) is 56.6 Å². The fraction of sp³-hybridized carbons (Fsp3) is 0.667. The van der Waals surface area contributed by atoms with E-state index in [2.05, 4.69) is 4.98 Å². The number of thiazole rings is 1.